The minimum Gasteiger partial charge on any atom is -0.443 e. The molecule has 0 aliphatic heterocycles. The van der Waals surface area contributed by atoms with Crippen molar-refractivity contribution in [1.82, 2.24) is 20.1 Å². The highest BCUT2D eigenvalue weighted by Crippen LogP contribution is 2.30. The molecule has 1 unspecified atom stereocenters. The summed E-state index contributed by atoms with van der Waals surface area (Å²) in [6.07, 6.45) is -3.33. The number of hydrogen-bond acceptors (Lipinski definition) is 4. The van der Waals surface area contributed by atoms with E-state index >= 15 is 0 Å². The van der Waals surface area contributed by atoms with E-state index < -0.39 is 17.8 Å². The monoisotopic (exact) mass is 448 g/mol. The number of oxazole rings is 1. The van der Waals surface area contributed by atoms with Gasteiger partial charge in [-0.15, -0.1) is 0 Å². The lowest BCUT2D eigenvalue weighted by Gasteiger charge is -2.13. The van der Waals surface area contributed by atoms with Gasteiger partial charge in [0.15, 0.2) is 17.7 Å². The molecule has 1 amide bonds. The van der Waals surface area contributed by atoms with Crippen LogP contribution in [0, 0.1) is 0 Å². The van der Waals surface area contributed by atoms with Gasteiger partial charge in [0.1, 0.15) is 5.52 Å². The molecule has 0 spiro atoms. The zero-order chi connectivity index (χ0) is 22.2. The summed E-state index contributed by atoms with van der Waals surface area (Å²) >= 11 is 5.97. The van der Waals surface area contributed by atoms with E-state index in [0.717, 1.165) is 10.7 Å². The summed E-state index contributed by atoms with van der Waals surface area (Å²) in [7, 11) is 0. The molecule has 1 atom stereocenters. The van der Waals surface area contributed by atoms with E-state index in [1.54, 1.807) is 43.3 Å². The second-order valence-electron chi connectivity index (χ2n) is 6.90. The van der Waals surface area contributed by atoms with Crippen molar-refractivity contribution in [2.75, 3.05) is 0 Å². The second kappa shape index (κ2) is 8.07. The number of hydrogen-bond donors (Lipinski definition) is 1. The van der Waals surface area contributed by atoms with Gasteiger partial charge in [-0.1, -0.05) is 29.8 Å². The summed E-state index contributed by atoms with van der Waals surface area (Å²) in [5, 5.41) is 6.70. The van der Waals surface area contributed by atoms with Gasteiger partial charge in [0, 0.05) is 10.6 Å². The fraction of sp³-hybridized carbons (Fsp3) is 0.190. The summed E-state index contributed by atoms with van der Waals surface area (Å²) in [6.45, 7) is 1.52. The van der Waals surface area contributed by atoms with Gasteiger partial charge >= 0.3 is 6.18 Å². The number of carbonyl (C=O) groups is 1. The Hall–Kier alpha value is -3.33. The number of carbonyl (C=O) groups excluding carboxylic acids is 1. The van der Waals surface area contributed by atoms with Crippen molar-refractivity contribution in [3.63, 3.8) is 0 Å². The Bertz CT molecular complexity index is 1250. The molecule has 0 radical (unpaired) electrons. The topological polar surface area (TPSA) is 73.0 Å². The highest BCUT2D eigenvalue weighted by molar-refractivity contribution is 6.30. The number of benzene rings is 2. The Morgan fingerprint density at radius 1 is 1.23 bits per heavy atom. The number of alkyl halides is 3. The molecule has 0 saturated heterocycles. The van der Waals surface area contributed by atoms with Crippen LogP contribution in [0.5, 0.6) is 0 Å². The quantitative estimate of drug-likeness (QED) is 0.460. The number of rotatable bonds is 5. The first-order chi connectivity index (χ1) is 14.7. The van der Waals surface area contributed by atoms with Crippen molar-refractivity contribution in [1.29, 1.82) is 0 Å². The third-order valence-electron chi connectivity index (χ3n) is 4.82. The van der Waals surface area contributed by atoms with E-state index in [9.17, 15) is 18.0 Å². The average Bonchev–Trinajstić information content (AvgIpc) is 3.38. The fourth-order valence-corrected chi connectivity index (χ4v) is 3.42. The molecule has 0 aliphatic carbocycles. The SMILES string of the molecule is CC(C(=O)NCc1cc(C(F)(F)F)nn1-c1cccc(Cl)c1)c1cccc2ncoc12. The maximum absolute atomic E-state index is 13.2. The minimum absolute atomic E-state index is 0.160. The molecule has 0 aliphatic rings. The third kappa shape index (κ3) is 4.27. The molecule has 2 aromatic carbocycles. The molecular formula is C21H16ClF3N4O2. The van der Waals surface area contributed by atoms with E-state index in [0.29, 0.717) is 27.4 Å². The van der Waals surface area contributed by atoms with Gasteiger partial charge in [0.25, 0.3) is 0 Å². The van der Waals surface area contributed by atoms with E-state index in [1.165, 1.54) is 12.5 Å². The summed E-state index contributed by atoms with van der Waals surface area (Å²) < 4.78 is 46.2. The normalized spacial score (nSPS) is 12.8. The number of amides is 1. The second-order valence-corrected chi connectivity index (χ2v) is 7.33. The van der Waals surface area contributed by atoms with Crippen LogP contribution in [0.1, 0.15) is 29.8 Å². The predicted octanol–water partition coefficient (Wildman–Crippen LogP) is 5.11. The van der Waals surface area contributed by atoms with E-state index in [-0.39, 0.29) is 18.1 Å². The molecule has 1 N–H and O–H groups in total. The van der Waals surface area contributed by atoms with Gasteiger partial charge in [-0.3, -0.25) is 4.79 Å². The van der Waals surface area contributed by atoms with E-state index in [1.807, 2.05) is 0 Å². The van der Waals surface area contributed by atoms with Crippen LogP contribution in [-0.2, 0) is 17.5 Å². The molecule has 0 bridgehead atoms. The highest BCUT2D eigenvalue weighted by atomic mass is 35.5. The Labute approximate surface area is 179 Å². The lowest BCUT2D eigenvalue weighted by Crippen LogP contribution is -2.28. The minimum atomic E-state index is -4.63. The first-order valence-electron chi connectivity index (χ1n) is 9.26. The molecule has 2 aromatic heterocycles. The zero-order valence-electron chi connectivity index (χ0n) is 16.2. The van der Waals surface area contributed by atoms with Crippen molar-refractivity contribution in [3.8, 4) is 5.69 Å². The van der Waals surface area contributed by atoms with Gasteiger partial charge in [-0.2, -0.15) is 18.3 Å². The van der Waals surface area contributed by atoms with Crippen molar-refractivity contribution < 1.29 is 22.4 Å². The zero-order valence-corrected chi connectivity index (χ0v) is 16.9. The largest absolute Gasteiger partial charge is 0.443 e. The van der Waals surface area contributed by atoms with Crippen LogP contribution in [0.3, 0.4) is 0 Å². The third-order valence-corrected chi connectivity index (χ3v) is 5.05. The summed E-state index contributed by atoms with van der Waals surface area (Å²) in [5.41, 5.74) is 1.20. The molecular weight excluding hydrogens is 433 g/mol. The molecule has 4 aromatic rings. The first-order valence-corrected chi connectivity index (χ1v) is 9.64. The number of nitrogens with one attached hydrogen (secondary N) is 1. The van der Waals surface area contributed by atoms with Crippen LogP contribution in [-0.4, -0.2) is 20.7 Å². The summed E-state index contributed by atoms with van der Waals surface area (Å²) in [4.78, 5) is 16.8. The molecule has 0 saturated carbocycles. The lowest BCUT2D eigenvalue weighted by molar-refractivity contribution is -0.141. The summed E-state index contributed by atoms with van der Waals surface area (Å²) in [5.74, 6) is -0.988. The lowest BCUT2D eigenvalue weighted by atomic mass is 9.99. The fourth-order valence-electron chi connectivity index (χ4n) is 3.24. The number of aromatic nitrogens is 3. The molecule has 0 fully saturated rings. The number of para-hydroxylation sites is 1. The van der Waals surface area contributed by atoms with Gasteiger partial charge in [0.05, 0.1) is 23.8 Å². The van der Waals surface area contributed by atoms with Crippen molar-refractivity contribution in [2.24, 2.45) is 0 Å². The van der Waals surface area contributed by atoms with E-state index in [4.69, 9.17) is 16.0 Å². The maximum Gasteiger partial charge on any atom is 0.435 e. The van der Waals surface area contributed by atoms with Crippen molar-refractivity contribution in [2.45, 2.75) is 25.6 Å². The molecule has 2 heterocycles. The maximum atomic E-state index is 13.2. The van der Waals surface area contributed by atoms with Gasteiger partial charge in [-0.05, 0) is 37.3 Å². The Morgan fingerprint density at radius 2 is 2.00 bits per heavy atom. The van der Waals surface area contributed by atoms with Crippen molar-refractivity contribution >= 4 is 28.6 Å². The van der Waals surface area contributed by atoms with Gasteiger partial charge in [-0.25, -0.2) is 9.67 Å². The standard InChI is InChI=1S/C21H16ClF3N4O2/c1-12(16-6-3-7-17-19(16)31-11-27-17)20(30)26-10-15-9-18(21(23,24)25)28-29(15)14-5-2-4-13(22)8-14/h2-9,11-12H,10H2,1H3,(H,26,30). The van der Waals surface area contributed by atoms with Crippen LogP contribution in [0.4, 0.5) is 13.2 Å². The van der Waals surface area contributed by atoms with Crippen LogP contribution in [0.2, 0.25) is 5.02 Å². The highest BCUT2D eigenvalue weighted by Gasteiger charge is 2.35. The van der Waals surface area contributed by atoms with Crippen LogP contribution >= 0.6 is 11.6 Å². The predicted molar refractivity (Wildman–Crippen MR) is 108 cm³/mol. The average molecular weight is 449 g/mol. The first kappa shape index (κ1) is 20.9. The molecule has 160 valence electrons. The smallest absolute Gasteiger partial charge is 0.435 e. The van der Waals surface area contributed by atoms with E-state index in [2.05, 4.69) is 15.4 Å². The molecule has 4 rings (SSSR count). The van der Waals surface area contributed by atoms with Crippen LogP contribution in [0.15, 0.2) is 59.3 Å². The number of fused-ring (bicyclic) bond motifs is 1. The Balaban J connectivity index is 1.59. The summed E-state index contributed by atoms with van der Waals surface area (Å²) in [6, 6.07) is 12.5. The van der Waals surface area contributed by atoms with Crippen LogP contribution in [0.25, 0.3) is 16.8 Å². The number of nitrogens with zero attached hydrogens (tertiary/aromatic N) is 3. The van der Waals surface area contributed by atoms with Gasteiger partial charge < -0.3 is 9.73 Å². The Morgan fingerprint density at radius 3 is 2.74 bits per heavy atom. The molecule has 10 heteroatoms. The van der Waals surface area contributed by atoms with Gasteiger partial charge in [0.2, 0.25) is 5.91 Å². The molecule has 31 heavy (non-hydrogen) atoms. The van der Waals surface area contributed by atoms with Crippen molar-refractivity contribution in [3.05, 3.63) is 76.9 Å². The Kier molecular flexibility index (Phi) is 5.45. The van der Waals surface area contributed by atoms with Crippen LogP contribution < -0.4 is 5.32 Å². The molecule has 6 nitrogen and oxygen atoms in total. The number of halogens is 4.